The maximum Gasteiger partial charge on any atom is 0.261 e. The molecule has 0 amide bonds. The Balaban J connectivity index is 1.96. The highest BCUT2D eigenvalue weighted by Crippen LogP contribution is 2.29. The van der Waals surface area contributed by atoms with Crippen LogP contribution >= 0.6 is 11.8 Å². The number of hydrogen-bond acceptors (Lipinski definition) is 5. The first kappa shape index (κ1) is 10.2. The topological polar surface area (TPSA) is 64.9 Å². The van der Waals surface area contributed by atoms with Crippen LogP contribution in [0.4, 0.5) is 5.69 Å². The van der Waals surface area contributed by atoms with Gasteiger partial charge in [-0.2, -0.15) is 0 Å². The van der Waals surface area contributed by atoms with Gasteiger partial charge in [-0.25, -0.2) is 4.98 Å². The highest BCUT2D eigenvalue weighted by molar-refractivity contribution is 7.99. The highest BCUT2D eigenvalue weighted by atomic mass is 32.2. The molecule has 0 bridgehead atoms. The summed E-state index contributed by atoms with van der Waals surface area (Å²) < 4.78 is 5.60. The van der Waals surface area contributed by atoms with Crippen LogP contribution in [0.5, 0.6) is 0 Å². The Morgan fingerprint density at radius 1 is 1.12 bits per heavy atom. The van der Waals surface area contributed by atoms with Gasteiger partial charge in [0, 0.05) is 23.0 Å². The largest absolute Gasteiger partial charge is 0.431 e. The van der Waals surface area contributed by atoms with Crippen molar-refractivity contribution in [2.45, 2.75) is 10.1 Å². The van der Waals surface area contributed by atoms with E-state index in [-0.39, 0.29) is 0 Å². The lowest BCUT2D eigenvalue weighted by atomic mass is 10.3. The highest BCUT2D eigenvalue weighted by Gasteiger charge is 2.07. The summed E-state index contributed by atoms with van der Waals surface area (Å²) in [5, 5.41) is 0.608. The Kier molecular flexibility index (Phi) is 2.45. The quantitative estimate of drug-likeness (QED) is 0.701. The number of pyridine rings is 1. The van der Waals surface area contributed by atoms with Gasteiger partial charge in [0.2, 0.25) is 0 Å². The van der Waals surface area contributed by atoms with E-state index in [0.717, 1.165) is 16.0 Å². The molecule has 84 valence electrons. The summed E-state index contributed by atoms with van der Waals surface area (Å²) in [6.45, 7) is 0. The molecule has 1 aromatic carbocycles. The third-order valence-electron chi connectivity index (χ3n) is 2.25. The van der Waals surface area contributed by atoms with Crippen LogP contribution in [0.3, 0.4) is 0 Å². The molecule has 0 saturated carbocycles. The van der Waals surface area contributed by atoms with E-state index in [2.05, 4.69) is 9.97 Å². The van der Waals surface area contributed by atoms with E-state index in [0.29, 0.717) is 10.9 Å². The van der Waals surface area contributed by atoms with Crippen molar-refractivity contribution in [3.05, 3.63) is 42.7 Å². The summed E-state index contributed by atoms with van der Waals surface area (Å²) in [6, 6.07) is 9.25. The molecule has 0 aliphatic carbocycles. The Labute approximate surface area is 102 Å². The summed E-state index contributed by atoms with van der Waals surface area (Å²) in [4.78, 5) is 9.37. The van der Waals surface area contributed by atoms with Crippen molar-refractivity contribution in [2.24, 2.45) is 0 Å². The van der Waals surface area contributed by atoms with Crippen LogP contribution in [0.25, 0.3) is 11.1 Å². The van der Waals surface area contributed by atoms with Gasteiger partial charge in [-0.15, -0.1) is 0 Å². The predicted octanol–water partition coefficient (Wildman–Crippen LogP) is 2.96. The molecule has 0 atom stereocenters. The normalized spacial score (nSPS) is 10.8. The number of nitrogen functional groups attached to an aromatic ring is 1. The minimum Gasteiger partial charge on any atom is -0.431 e. The minimum atomic E-state index is 0.608. The van der Waals surface area contributed by atoms with Crippen LogP contribution in [0, 0.1) is 0 Å². The second-order valence-corrected chi connectivity index (χ2v) is 4.52. The molecule has 0 fully saturated rings. The molecule has 0 saturated heterocycles. The third-order valence-corrected chi connectivity index (χ3v) is 3.10. The lowest BCUT2D eigenvalue weighted by Gasteiger charge is -1.93. The summed E-state index contributed by atoms with van der Waals surface area (Å²) in [5.74, 6) is 0. The Morgan fingerprint density at radius 3 is 2.76 bits per heavy atom. The monoisotopic (exact) mass is 243 g/mol. The maximum absolute atomic E-state index is 5.69. The van der Waals surface area contributed by atoms with Gasteiger partial charge >= 0.3 is 0 Å². The molecule has 5 heteroatoms. The van der Waals surface area contributed by atoms with E-state index in [1.165, 1.54) is 11.8 Å². The number of fused-ring (bicyclic) bond motifs is 1. The van der Waals surface area contributed by atoms with Crippen LogP contribution in [0.2, 0.25) is 0 Å². The third kappa shape index (κ3) is 2.09. The van der Waals surface area contributed by atoms with Gasteiger partial charge in [0.25, 0.3) is 5.22 Å². The van der Waals surface area contributed by atoms with Crippen molar-refractivity contribution in [2.75, 3.05) is 5.73 Å². The maximum atomic E-state index is 5.69. The van der Waals surface area contributed by atoms with Gasteiger partial charge in [0.05, 0.1) is 0 Å². The van der Waals surface area contributed by atoms with Crippen LogP contribution in [0.15, 0.2) is 57.3 Å². The predicted molar refractivity (Wildman–Crippen MR) is 66.8 cm³/mol. The molecule has 0 spiro atoms. The summed E-state index contributed by atoms with van der Waals surface area (Å²) in [5.41, 5.74) is 7.90. The first-order valence-electron chi connectivity index (χ1n) is 5.05. The van der Waals surface area contributed by atoms with Gasteiger partial charge in [-0.05, 0) is 42.1 Å². The van der Waals surface area contributed by atoms with Gasteiger partial charge in [-0.1, -0.05) is 0 Å². The molecule has 0 aliphatic heterocycles. The Hall–Kier alpha value is -2.01. The summed E-state index contributed by atoms with van der Waals surface area (Å²) in [6.07, 6.45) is 3.48. The number of hydrogen-bond donors (Lipinski definition) is 1. The smallest absolute Gasteiger partial charge is 0.261 e. The first-order chi connectivity index (χ1) is 8.31. The first-order valence-corrected chi connectivity index (χ1v) is 5.87. The van der Waals surface area contributed by atoms with Crippen molar-refractivity contribution < 1.29 is 4.42 Å². The molecule has 4 nitrogen and oxygen atoms in total. The van der Waals surface area contributed by atoms with Gasteiger partial charge in [0.1, 0.15) is 5.52 Å². The van der Waals surface area contributed by atoms with Crippen molar-refractivity contribution in [1.82, 2.24) is 9.97 Å². The number of benzene rings is 1. The molecular weight excluding hydrogens is 234 g/mol. The molecular formula is C12H9N3OS. The van der Waals surface area contributed by atoms with Crippen molar-refractivity contribution in [3.63, 3.8) is 0 Å². The fourth-order valence-corrected chi connectivity index (χ4v) is 2.21. The molecule has 0 radical (unpaired) electrons. The van der Waals surface area contributed by atoms with Crippen LogP contribution < -0.4 is 5.73 Å². The van der Waals surface area contributed by atoms with Crippen LogP contribution in [-0.4, -0.2) is 9.97 Å². The van der Waals surface area contributed by atoms with E-state index < -0.39 is 0 Å². The standard InChI is InChI=1S/C12H9N3OS/c13-8-1-2-11-10(7-8)15-12(16-11)17-9-3-5-14-6-4-9/h1-7H,13H2. The minimum absolute atomic E-state index is 0.608. The zero-order valence-corrected chi connectivity index (χ0v) is 9.65. The number of nitrogens with two attached hydrogens (primary N) is 1. The molecule has 0 unspecified atom stereocenters. The second kappa shape index (κ2) is 4.10. The molecule has 0 aliphatic rings. The van der Waals surface area contributed by atoms with Crippen molar-refractivity contribution in [1.29, 1.82) is 0 Å². The van der Waals surface area contributed by atoms with E-state index in [9.17, 15) is 0 Å². The van der Waals surface area contributed by atoms with Crippen molar-refractivity contribution in [3.8, 4) is 0 Å². The molecule has 2 aromatic heterocycles. The van der Waals surface area contributed by atoms with Crippen molar-refractivity contribution >= 4 is 28.5 Å². The number of nitrogens with zero attached hydrogens (tertiary/aromatic N) is 2. The second-order valence-electron chi connectivity index (χ2n) is 3.49. The Bertz CT molecular complexity index is 651. The lowest BCUT2D eigenvalue weighted by Crippen LogP contribution is -1.82. The van der Waals surface area contributed by atoms with E-state index in [4.69, 9.17) is 10.2 Å². The van der Waals surface area contributed by atoms with E-state index >= 15 is 0 Å². The molecule has 2 N–H and O–H groups in total. The van der Waals surface area contributed by atoms with E-state index in [1.807, 2.05) is 18.2 Å². The summed E-state index contributed by atoms with van der Waals surface area (Å²) >= 11 is 1.46. The number of aromatic nitrogens is 2. The fraction of sp³-hybridized carbons (Fsp3) is 0. The molecule has 3 aromatic rings. The van der Waals surface area contributed by atoms with Crippen LogP contribution in [-0.2, 0) is 0 Å². The summed E-state index contributed by atoms with van der Waals surface area (Å²) in [7, 11) is 0. The molecule has 2 heterocycles. The fourth-order valence-electron chi connectivity index (χ4n) is 1.47. The van der Waals surface area contributed by atoms with Gasteiger partial charge in [0.15, 0.2) is 5.58 Å². The Morgan fingerprint density at radius 2 is 1.94 bits per heavy atom. The zero-order chi connectivity index (χ0) is 11.7. The lowest BCUT2D eigenvalue weighted by molar-refractivity contribution is 0.489. The number of oxazole rings is 1. The average Bonchev–Trinajstić information content (AvgIpc) is 2.71. The molecule has 3 rings (SSSR count). The SMILES string of the molecule is Nc1ccc2oc(Sc3ccncc3)nc2c1. The average molecular weight is 243 g/mol. The molecule has 17 heavy (non-hydrogen) atoms. The van der Waals surface area contributed by atoms with Gasteiger partial charge in [-0.3, -0.25) is 4.98 Å². The number of anilines is 1. The zero-order valence-electron chi connectivity index (χ0n) is 8.83. The van der Waals surface area contributed by atoms with Gasteiger partial charge < -0.3 is 10.2 Å². The van der Waals surface area contributed by atoms with E-state index in [1.54, 1.807) is 24.5 Å². The number of rotatable bonds is 2. The van der Waals surface area contributed by atoms with Crippen LogP contribution in [0.1, 0.15) is 0 Å².